The van der Waals surface area contributed by atoms with Crippen LogP contribution in [0.4, 0.5) is 4.39 Å². The Labute approximate surface area is 156 Å². The summed E-state index contributed by atoms with van der Waals surface area (Å²) in [5.74, 6) is -0.645. The molecule has 0 radical (unpaired) electrons. The van der Waals surface area contributed by atoms with Crippen LogP contribution in [0.1, 0.15) is 18.4 Å². The number of epoxide rings is 1. The number of aliphatic carboxylic acids is 1. The zero-order valence-corrected chi connectivity index (χ0v) is 14.8. The third-order valence-corrected chi connectivity index (χ3v) is 5.16. The van der Waals surface area contributed by atoms with E-state index in [0.29, 0.717) is 18.9 Å². The Bertz CT molecular complexity index is 742. The monoisotopic (exact) mass is 375 g/mol. The molecular weight excluding hydrogens is 353 g/mol. The summed E-state index contributed by atoms with van der Waals surface area (Å²) in [4.78, 5) is 14.5. The summed E-state index contributed by atoms with van der Waals surface area (Å²) in [6.07, 6.45) is 1.90. The first-order valence-corrected chi connectivity index (χ1v) is 9.13. The second-order valence-corrected chi connectivity index (χ2v) is 7.21. The lowest BCUT2D eigenvalue weighted by Gasteiger charge is -2.31. The number of carboxylic acid groups (broad SMARTS) is 1. The van der Waals surface area contributed by atoms with Crippen molar-refractivity contribution in [1.29, 1.82) is 0 Å². The Kier molecular flexibility index (Phi) is 5.18. The molecule has 7 nitrogen and oxygen atoms in total. The third kappa shape index (κ3) is 4.33. The number of halogens is 1. The molecule has 27 heavy (non-hydrogen) atoms. The Morgan fingerprint density at radius 2 is 2.15 bits per heavy atom. The average molecular weight is 375 g/mol. The summed E-state index contributed by atoms with van der Waals surface area (Å²) in [6, 6.07) is 9.56. The number of alkyl halides is 1. The molecule has 4 rings (SSSR count). The highest BCUT2D eigenvalue weighted by atomic mass is 19.1. The Morgan fingerprint density at radius 3 is 2.93 bits per heavy atom. The SMILES string of the molecule is O=C(O)COC[C@H]1CC(CN2N=C(c3ccccc3)C=NC2F)[C@@H]2OC2C1. The fourth-order valence-electron chi connectivity index (χ4n) is 3.91. The van der Waals surface area contributed by atoms with Crippen molar-refractivity contribution in [2.24, 2.45) is 21.9 Å². The smallest absolute Gasteiger partial charge is 0.329 e. The van der Waals surface area contributed by atoms with E-state index in [-0.39, 0.29) is 30.7 Å². The molecule has 0 aromatic heterocycles. The van der Waals surface area contributed by atoms with Gasteiger partial charge < -0.3 is 14.6 Å². The lowest BCUT2D eigenvalue weighted by atomic mass is 9.81. The van der Waals surface area contributed by atoms with Gasteiger partial charge in [-0.2, -0.15) is 9.49 Å². The number of aliphatic imine (C=N–C) groups is 1. The van der Waals surface area contributed by atoms with Crippen LogP contribution in [0, 0.1) is 11.8 Å². The van der Waals surface area contributed by atoms with E-state index in [0.717, 1.165) is 18.4 Å². The molecule has 1 saturated carbocycles. The quantitative estimate of drug-likeness (QED) is 0.581. The van der Waals surface area contributed by atoms with Crippen molar-refractivity contribution in [3.63, 3.8) is 0 Å². The van der Waals surface area contributed by atoms with E-state index in [1.807, 2.05) is 30.3 Å². The number of ether oxygens (including phenoxy) is 2. The van der Waals surface area contributed by atoms with E-state index in [2.05, 4.69) is 10.1 Å². The van der Waals surface area contributed by atoms with Crippen molar-refractivity contribution in [2.45, 2.75) is 31.5 Å². The van der Waals surface area contributed by atoms with Crippen LogP contribution < -0.4 is 0 Å². The maximum absolute atomic E-state index is 14.3. The van der Waals surface area contributed by atoms with E-state index in [4.69, 9.17) is 14.6 Å². The van der Waals surface area contributed by atoms with Gasteiger partial charge in [0.15, 0.2) is 0 Å². The van der Waals surface area contributed by atoms with E-state index in [1.54, 1.807) is 0 Å². The summed E-state index contributed by atoms with van der Waals surface area (Å²) >= 11 is 0. The van der Waals surface area contributed by atoms with E-state index in [9.17, 15) is 9.18 Å². The third-order valence-electron chi connectivity index (χ3n) is 5.16. The molecule has 3 aliphatic rings. The van der Waals surface area contributed by atoms with Crippen LogP contribution in [0.2, 0.25) is 0 Å². The van der Waals surface area contributed by atoms with Gasteiger partial charge in [0, 0.05) is 18.0 Å². The zero-order chi connectivity index (χ0) is 18.8. The number of hydrogen-bond donors (Lipinski definition) is 1. The maximum Gasteiger partial charge on any atom is 0.329 e. The number of rotatable bonds is 7. The van der Waals surface area contributed by atoms with Crippen LogP contribution >= 0.6 is 0 Å². The molecule has 8 heteroatoms. The fourth-order valence-corrected chi connectivity index (χ4v) is 3.91. The molecule has 1 aliphatic carbocycles. The first-order valence-electron chi connectivity index (χ1n) is 9.13. The minimum absolute atomic E-state index is 0.120. The molecule has 0 bridgehead atoms. The lowest BCUT2D eigenvalue weighted by molar-refractivity contribution is -0.142. The minimum atomic E-state index is -1.50. The van der Waals surface area contributed by atoms with Crippen LogP contribution in [-0.4, -0.2) is 66.4 Å². The van der Waals surface area contributed by atoms with Gasteiger partial charge in [0.1, 0.15) is 12.3 Å². The fraction of sp³-hybridized carbons (Fsp3) is 0.526. The largest absolute Gasteiger partial charge is 0.480 e. The van der Waals surface area contributed by atoms with E-state index < -0.39 is 12.4 Å². The minimum Gasteiger partial charge on any atom is -0.480 e. The van der Waals surface area contributed by atoms with Crippen molar-refractivity contribution in [3.8, 4) is 0 Å². The van der Waals surface area contributed by atoms with Gasteiger partial charge in [-0.05, 0) is 18.8 Å². The normalized spacial score (nSPS) is 32.0. The summed E-state index contributed by atoms with van der Waals surface area (Å²) in [7, 11) is 0. The van der Waals surface area contributed by atoms with E-state index in [1.165, 1.54) is 11.2 Å². The van der Waals surface area contributed by atoms with Gasteiger partial charge in [0.05, 0.1) is 25.0 Å². The van der Waals surface area contributed by atoms with Gasteiger partial charge in [0.2, 0.25) is 0 Å². The lowest BCUT2D eigenvalue weighted by Crippen LogP contribution is -2.39. The summed E-state index contributed by atoms with van der Waals surface area (Å²) in [5.41, 5.74) is 1.53. The topological polar surface area (TPSA) is 87.0 Å². The Balaban J connectivity index is 1.39. The second kappa shape index (κ2) is 7.74. The second-order valence-electron chi connectivity index (χ2n) is 7.21. The molecule has 3 unspecified atom stereocenters. The molecule has 1 N–H and O–H groups in total. The highest BCUT2D eigenvalue weighted by molar-refractivity contribution is 6.38. The zero-order valence-electron chi connectivity index (χ0n) is 14.8. The van der Waals surface area contributed by atoms with Crippen molar-refractivity contribution in [3.05, 3.63) is 35.9 Å². The highest BCUT2D eigenvalue weighted by Gasteiger charge is 2.51. The van der Waals surface area contributed by atoms with Crippen molar-refractivity contribution >= 4 is 17.9 Å². The van der Waals surface area contributed by atoms with Crippen LogP contribution in [0.3, 0.4) is 0 Å². The number of hydrazone groups is 1. The molecule has 144 valence electrons. The molecule has 1 aromatic rings. The molecule has 0 amide bonds. The number of hydrogen-bond acceptors (Lipinski definition) is 6. The summed E-state index contributed by atoms with van der Waals surface area (Å²) < 4.78 is 25.3. The van der Waals surface area contributed by atoms with Gasteiger partial charge in [-0.15, -0.1) is 0 Å². The predicted molar refractivity (Wildman–Crippen MR) is 96.4 cm³/mol. The van der Waals surface area contributed by atoms with Crippen LogP contribution in [0.25, 0.3) is 0 Å². The van der Waals surface area contributed by atoms with Gasteiger partial charge in [-0.3, -0.25) is 0 Å². The predicted octanol–water partition coefficient (Wildman–Crippen LogP) is 1.92. The Morgan fingerprint density at radius 1 is 1.33 bits per heavy atom. The first-order chi connectivity index (χ1) is 13.1. The van der Waals surface area contributed by atoms with Gasteiger partial charge in [-0.25, -0.2) is 14.8 Å². The van der Waals surface area contributed by atoms with Crippen LogP contribution in [-0.2, 0) is 14.3 Å². The molecule has 5 atom stereocenters. The number of carboxylic acids is 1. The summed E-state index contributed by atoms with van der Waals surface area (Å²) in [6.45, 7) is 0.491. The Hall–Kier alpha value is -2.32. The number of carbonyl (C=O) groups is 1. The average Bonchev–Trinajstić information content (AvgIpc) is 3.44. The van der Waals surface area contributed by atoms with Gasteiger partial charge in [0.25, 0.3) is 6.42 Å². The molecule has 2 fully saturated rings. The molecule has 1 saturated heterocycles. The van der Waals surface area contributed by atoms with Crippen molar-refractivity contribution < 1.29 is 23.8 Å². The molecule has 1 aromatic carbocycles. The van der Waals surface area contributed by atoms with Crippen LogP contribution in [0.15, 0.2) is 40.4 Å². The number of nitrogens with zero attached hydrogens (tertiary/aromatic N) is 3. The highest BCUT2D eigenvalue weighted by Crippen LogP contribution is 2.44. The maximum atomic E-state index is 14.3. The van der Waals surface area contributed by atoms with Crippen molar-refractivity contribution in [2.75, 3.05) is 19.8 Å². The molecule has 2 heterocycles. The van der Waals surface area contributed by atoms with Crippen molar-refractivity contribution in [1.82, 2.24) is 5.01 Å². The van der Waals surface area contributed by atoms with Crippen LogP contribution in [0.5, 0.6) is 0 Å². The summed E-state index contributed by atoms with van der Waals surface area (Å²) in [5, 5.41) is 14.5. The van der Waals surface area contributed by atoms with Gasteiger partial charge in [-0.1, -0.05) is 30.3 Å². The standard InChI is InChI=1S/C19H22FN3O4/c20-19-21-8-15(13-4-2-1-3-5-13)22-23(19)9-14-6-12(7-16-18(14)27-16)10-26-11-17(24)25/h1-5,8,12,14,16,18-19H,6-7,9-11H2,(H,24,25)/t12-,14?,16?,18-,19?/m0/s1. The molecule has 0 spiro atoms. The molecule has 2 aliphatic heterocycles. The van der Waals surface area contributed by atoms with Gasteiger partial charge >= 0.3 is 5.97 Å². The molecular formula is C19H22FN3O4. The first kappa shape index (κ1) is 18.1. The number of benzene rings is 1. The van der Waals surface area contributed by atoms with E-state index >= 15 is 0 Å². The number of fused-ring (bicyclic) bond motifs is 1.